The van der Waals surface area contributed by atoms with Crippen LogP contribution in [0.4, 0.5) is 11.5 Å². The Morgan fingerprint density at radius 2 is 1.75 bits per heavy atom. The molecule has 162 valence electrons. The van der Waals surface area contributed by atoms with Gasteiger partial charge in [-0.25, -0.2) is 9.97 Å². The van der Waals surface area contributed by atoms with E-state index in [2.05, 4.69) is 9.88 Å². The minimum atomic E-state index is -0.466. The summed E-state index contributed by atoms with van der Waals surface area (Å²) in [6, 6.07) is 11.5. The monoisotopic (exact) mass is 430 g/mol. The molecule has 0 radical (unpaired) electrons. The van der Waals surface area contributed by atoms with Gasteiger partial charge in [-0.15, -0.1) is 0 Å². The van der Waals surface area contributed by atoms with E-state index in [0.717, 1.165) is 36.5 Å². The number of nitrogens with zero attached hydrogens (tertiary/aromatic N) is 6. The maximum Gasteiger partial charge on any atom is 0.269 e. The smallest absolute Gasteiger partial charge is 0.269 e. The van der Waals surface area contributed by atoms with E-state index in [9.17, 15) is 14.9 Å². The molecular weight excluding hydrogens is 408 g/mol. The second-order valence-electron chi connectivity index (χ2n) is 7.95. The SMILES string of the molecule is O=C(c1ccc([N+](=O)[O-])cc1)N1CCN(c2nc(-c3ccccn3)nc3c2CCC3)CC1. The molecule has 1 fully saturated rings. The quantitative estimate of drug-likeness (QED) is 0.463. The van der Waals surface area contributed by atoms with Crippen LogP contribution in [0.3, 0.4) is 0 Å². The number of non-ortho nitro benzene ring substituents is 1. The first-order valence-corrected chi connectivity index (χ1v) is 10.7. The summed E-state index contributed by atoms with van der Waals surface area (Å²) < 4.78 is 0. The van der Waals surface area contributed by atoms with Crippen molar-refractivity contribution in [3.8, 4) is 11.5 Å². The van der Waals surface area contributed by atoms with Crippen molar-refractivity contribution in [2.24, 2.45) is 0 Å². The molecule has 1 amide bonds. The van der Waals surface area contributed by atoms with Gasteiger partial charge in [0.05, 0.1) is 4.92 Å². The predicted octanol–water partition coefficient (Wildman–Crippen LogP) is 2.90. The molecule has 2 aromatic heterocycles. The average Bonchev–Trinajstić information content (AvgIpc) is 3.32. The second kappa shape index (κ2) is 8.33. The van der Waals surface area contributed by atoms with Gasteiger partial charge in [-0.2, -0.15) is 0 Å². The van der Waals surface area contributed by atoms with Gasteiger partial charge in [0.15, 0.2) is 5.82 Å². The molecule has 0 saturated carbocycles. The summed E-state index contributed by atoms with van der Waals surface area (Å²) in [5.41, 5.74) is 3.51. The first-order valence-electron chi connectivity index (χ1n) is 10.7. The summed E-state index contributed by atoms with van der Waals surface area (Å²) >= 11 is 0. The van der Waals surface area contributed by atoms with Crippen LogP contribution in [0.5, 0.6) is 0 Å². The van der Waals surface area contributed by atoms with Crippen molar-refractivity contribution in [2.45, 2.75) is 19.3 Å². The first-order chi connectivity index (χ1) is 15.6. The number of amides is 1. The third kappa shape index (κ3) is 3.77. The summed E-state index contributed by atoms with van der Waals surface area (Å²) in [6.45, 7) is 2.47. The Morgan fingerprint density at radius 1 is 0.969 bits per heavy atom. The lowest BCUT2D eigenvalue weighted by Crippen LogP contribution is -2.49. The molecule has 32 heavy (non-hydrogen) atoms. The topological polar surface area (TPSA) is 105 Å². The molecule has 3 heterocycles. The number of nitro groups is 1. The van der Waals surface area contributed by atoms with Crippen molar-refractivity contribution in [3.05, 3.63) is 75.6 Å². The van der Waals surface area contributed by atoms with Crippen LogP contribution in [-0.4, -0.2) is 56.9 Å². The van der Waals surface area contributed by atoms with Gasteiger partial charge in [0, 0.05) is 61.3 Å². The van der Waals surface area contributed by atoms with Crippen molar-refractivity contribution in [1.82, 2.24) is 19.9 Å². The van der Waals surface area contributed by atoms with E-state index in [1.54, 1.807) is 11.1 Å². The number of fused-ring (bicyclic) bond motifs is 1. The lowest BCUT2D eigenvalue weighted by Gasteiger charge is -2.36. The van der Waals surface area contributed by atoms with Gasteiger partial charge < -0.3 is 9.80 Å². The fourth-order valence-corrected chi connectivity index (χ4v) is 4.31. The number of aromatic nitrogens is 3. The highest BCUT2D eigenvalue weighted by Gasteiger charge is 2.28. The molecule has 9 heteroatoms. The summed E-state index contributed by atoms with van der Waals surface area (Å²) in [5, 5.41) is 10.8. The minimum absolute atomic E-state index is 0.0207. The Balaban J connectivity index is 1.33. The van der Waals surface area contributed by atoms with Crippen molar-refractivity contribution >= 4 is 17.4 Å². The molecule has 0 N–H and O–H groups in total. The van der Waals surface area contributed by atoms with E-state index in [4.69, 9.17) is 9.97 Å². The molecule has 1 aromatic carbocycles. The Bertz CT molecular complexity index is 1160. The van der Waals surface area contributed by atoms with Crippen LogP contribution >= 0.6 is 0 Å². The normalized spacial score (nSPS) is 15.5. The highest BCUT2D eigenvalue weighted by Crippen LogP contribution is 2.31. The van der Waals surface area contributed by atoms with Crippen LogP contribution in [0, 0.1) is 10.1 Å². The zero-order chi connectivity index (χ0) is 22.1. The zero-order valence-electron chi connectivity index (χ0n) is 17.5. The lowest BCUT2D eigenvalue weighted by molar-refractivity contribution is -0.384. The molecular formula is C23H22N6O3. The lowest BCUT2D eigenvalue weighted by atomic mass is 10.1. The van der Waals surface area contributed by atoms with E-state index >= 15 is 0 Å². The van der Waals surface area contributed by atoms with E-state index in [0.29, 0.717) is 37.6 Å². The van der Waals surface area contributed by atoms with Crippen molar-refractivity contribution < 1.29 is 9.72 Å². The molecule has 5 rings (SSSR count). The van der Waals surface area contributed by atoms with Crippen LogP contribution in [0.25, 0.3) is 11.5 Å². The second-order valence-corrected chi connectivity index (χ2v) is 7.95. The van der Waals surface area contributed by atoms with Gasteiger partial charge >= 0.3 is 0 Å². The maximum absolute atomic E-state index is 12.9. The standard InChI is InChI=1S/C23H22N6O3/c30-23(16-7-9-17(10-8-16)29(31)32)28-14-12-27(13-15-28)22-18-4-3-6-19(18)25-21(26-22)20-5-1-2-11-24-20/h1-2,5,7-11H,3-4,6,12-15H2. The molecule has 1 aliphatic heterocycles. The fourth-order valence-electron chi connectivity index (χ4n) is 4.31. The molecule has 9 nitrogen and oxygen atoms in total. The summed E-state index contributed by atoms with van der Waals surface area (Å²) in [4.78, 5) is 41.3. The molecule has 0 atom stereocenters. The largest absolute Gasteiger partial charge is 0.353 e. The van der Waals surface area contributed by atoms with E-state index < -0.39 is 4.92 Å². The molecule has 0 bridgehead atoms. The molecule has 2 aliphatic rings. The summed E-state index contributed by atoms with van der Waals surface area (Å²) in [6.07, 6.45) is 4.73. The van der Waals surface area contributed by atoms with Gasteiger partial charge in [0.2, 0.25) is 0 Å². The maximum atomic E-state index is 12.9. The van der Waals surface area contributed by atoms with Crippen LogP contribution in [-0.2, 0) is 12.8 Å². The predicted molar refractivity (Wildman–Crippen MR) is 119 cm³/mol. The average molecular weight is 430 g/mol. The number of carbonyl (C=O) groups excluding carboxylic acids is 1. The van der Waals surface area contributed by atoms with E-state index in [-0.39, 0.29) is 11.6 Å². The Hall–Kier alpha value is -3.88. The number of piperazine rings is 1. The number of hydrogen-bond donors (Lipinski definition) is 0. The third-order valence-electron chi connectivity index (χ3n) is 6.00. The van der Waals surface area contributed by atoms with Crippen LogP contribution in [0.1, 0.15) is 28.0 Å². The number of aryl methyl sites for hydroxylation is 1. The Kier molecular flexibility index (Phi) is 5.22. The van der Waals surface area contributed by atoms with Crippen LogP contribution in [0.15, 0.2) is 48.7 Å². The van der Waals surface area contributed by atoms with Crippen LogP contribution in [0.2, 0.25) is 0 Å². The van der Waals surface area contributed by atoms with E-state index in [1.807, 2.05) is 18.2 Å². The van der Waals surface area contributed by atoms with Gasteiger partial charge in [-0.1, -0.05) is 6.07 Å². The van der Waals surface area contributed by atoms with Crippen molar-refractivity contribution in [1.29, 1.82) is 0 Å². The highest BCUT2D eigenvalue weighted by molar-refractivity contribution is 5.94. The van der Waals surface area contributed by atoms with E-state index in [1.165, 1.54) is 29.8 Å². The molecule has 1 aliphatic carbocycles. The summed E-state index contributed by atoms with van der Waals surface area (Å²) in [5.74, 6) is 1.49. The van der Waals surface area contributed by atoms with Gasteiger partial charge in [-0.05, 0) is 43.5 Å². The molecule has 1 saturated heterocycles. The number of benzene rings is 1. The van der Waals surface area contributed by atoms with Gasteiger partial charge in [0.25, 0.3) is 11.6 Å². The Labute approximate surface area is 184 Å². The minimum Gasteiger partial charge on any atom is -0.353 e. The van der Waals surface area contributed by atoms with Crippen molar-refractivity contribution in [2.75, 3.05) is 31.1 Å². The number of anilines is 1. The number of hydrogen-bond acceptors (Lipinski definition) is 7. The molecule has 3 aromatic rings. The number of nitro benzene ring substituents is 1. The van der Waals surface area contributed by atoms with Gasteiger partial charge in [-0.3, -0.25) is 19.9 Å². The van der Waals surface area contributed by atoms with Gasteiger partial charge in [0.1, 0.15) is 11.5 Å². The van der Waals surface area contributed by atoms with Crippen LogP contribution < -0.4 is 4.90 Å². The fraction of sp³-hybridized carbons (Fsp3) is 0.304. The molecule has 0 spiro atoms. The van der Waals surface area contributed by atoms with Crippen molar-refractivity contribution in [3.63, 3.8) is 0 Å². The molecule has 0 unspecified atom stereocenters. The number of carbonyl (C=O) groups is 1. The first kappa shape index (κ1) is 20.0. The highest BCUT2D eigenvalue weighted by atomic mass is 16.6. The third-order valence-corrected chi connectivity index (χ3v) is 6.00. The zero-order valence-corrected chi connectivity index (χ0v) is 17.5. The number of rotatable bonds is 4. The number of pyridine rings is 1. The Morgan fingerprint density at radius 3 is 2.44 bits per heavy atom. The summed E-state index contributed by atoms with van der Waals surface area (Å²) in [7, 11) is 0.